The van der Waals surface area contributed by atoms with E-state index in [4.69, 9.17) is 4.74 Å². The Kier molecular flexibility index (Phi) is 5.95. The van der Waals surface area contributed by atoms with Gasteiger partial charge in [0, 0.05) is 13.6 Å². The van der Waals surface area contributed by atoms with Crippen molar-refractivity contribution >= 4 is 11.8 Å². The van der Waals surface area contributed by atoms with Crippen LogP contribution in [0.5, 0.6) is 5.75 Å². The van der Waals surface area contributed by atoms with E-state index in [0.29, 0.717) is 18.7 Å². The molecule has 2 N–H and O–H groups in total. The number of ether oxygens (including phenoxy) is 1. The Labute approximate surface area is 141 Å². The van der Waals surface area contributed by atoms with Crippen molar-refractivity contribution < 1.29 is 14.3 Å². The van der Waals surface area contributed by atoms with Crippen LogP contribution in [-0.2, 0) is 18.3 Å². The molecule has 0 aliphatic heterocycles. The molecule has 0 saturated carbocycles. The minimum atomic E-state index is -0.321. The number of aromatic nitrogens is 2. The van der Waals surface area contributed by atoms with E-state index in [1.54, 1.807) is 27.1 Å². The summed E-state index contributed by atoms with van der Waals surface area (Å²) >= 11 is 0. The largest absolute Gasteiger partial charge is 0.496 e. The number of rotatable bonds is 7. The van der Waals surface area contributed by atoms with Gasteiger partial charge in [-0.1, -0.05) is 18.2 Å². The number of amides is 2. The number of hydrogen-bond acceptors (Lipinski definition) is 4. The van der Waals surface area contributed by atoms with Crippen LogP contribution in [0.15, 0.2) is 30.3 Å². The molecule has 7 nitrogen and oxygen atoms in total. The Bertz CT molecular complexity index is 724. The molecule has 0 fully saturated rings. The summed E-state index contributed by atoms with van der Waals surface area (Å²) in [5, 5.41) is 9.47. The third-order valence-electron chi connectivity index (χ3n) is 3.55. The zero-order valence-electron chi connectivity index (χ0n) is 14.1. The lowest BCUT2D eigenvalue weighted by Crippen LogP contribution is -2.38. The van der Waals surface area contributed by atoms with Crippen LogP contribution in [0.3, 0.4) is 0 Å². The fourth-order valence-electron chi connectivity index (χ4n) is 2.38. The molecule has 24 heavy (non-hydrogen) atoms. The number of benzene rings is 1. The first-order valence-corrected chi connectivity index (χ1v) is 7.68. The van der Waals surface area contributed by atoms with Gasteiger partial charge in [-0.25, -0.2) is 0 Å². The quantitative estimate of drug-likeness (QED) is 0.787. The summed E-state index contributed by atoms with van der Waals surface area (Å²) in [6.45, 7) is 2.20. The highest BCUT2D eigenvalue weighted by molar-refractivity contribution is 5.95. The van der Waals surface area contributed by atoms with Gasteiger partial charge in [0.15, 0.2) is 0 Å². The van der Waals surface area contributed by atoms with Crippen LogP contribution in [0.1, 0.15) is 21.7 Å². The molecule has 0 aliphatic rings. The first-order valence-electron chi connectivity index (χ1n) is 7.68. The molecular formula is C17H22N4O3. The van der Waals surface area contributed by atoms with Gasteiger partial charge in [0.1, 0.15) is 11.4 Å². The van der Waals surface area contributed by atoms with E-state index in [9.17, 15) is 9.59 Å². The van der Waals surface area contributed by atoms with Crippen LogP contribution in [0.25, 0.3) is 0 Å². The zero-order chi connectivity index (χ0) is 17.5. The molecular weight excluding hydrogens is 308 g/mol. The highest BCUT2D eigenvalue weighted by atomic mass is 16.5. The summed E-state index contributed by atoms with van der Waals surface area (Å²) in [6.07, 6.45) is 0.657. The lowest BCUT2D eigenvalue weighted by molar-refractivity contribution is -0.120. The Hall–Kier alpha value is -2.83. The topological polar surface area (TPSA) is 85.2 Å². The maximum Gasteiger partial charge on any atom is 0.269 e. The van der Waals surface area contributed by atoms with E-state index in [0.717, 1.165) is 17.0 Å². The number of nitrogens with zero attached hydrogens (tertiary/aromatic N) is 2. The van der Waals surface area contributed by atoms with Crippen molar-refractivity contribution in [3.8, 4) is 5.75 Å². The van der Waals surface area contributed by atoms with Crippen LogP contribution >= 0.6 is 0 Å². The molecule has 2 rings (SSSR count). The molecule has 7 heteroatoms. The number of aryl methyl sites for hydroxylation is 2. The highest BCUT2D eigenvalue weighted by Crippen LogP contribution is 2.17. The predicted octanol–water partition coefficient (Wildman–Crippen LogP) is 0.826. The van der Waals surface area contributed by atoms with Crippen molar-refractivity contribution in [3.05, 3.63) is 47.3 Å². The van der Waals surface area contributed by atoms with Crippen LogP contribution in [0.4, 0.5) is 0 Å². The fraction of sp³-hybridized carbons (Fsp3) is 0.353. The van der Waals surface area contributed by atoms with Crippen LogP contribution in [0.2, 0.25) is 0 Å². The summed E-state index contributed by atoms with van der Waals surface area (Å²) in [7, 11) is 3.31. The van der Waals surface area contributed by atoms with Crippen molar-refractivity contribution in [1.29, 1.82) is 0 Å². The molecule has 2 aromatic rings. The smallest absolute Gasteiger partial charge is 0.269 e. The molecule has 128 valence electrons. The minimum Gasteiger partial charge on any atom is -0.496 e. The summed E-state index contributed by atoms with van der Waals surface area (Å²) in [5.41, 5.74) is 2.20. The third kappa shape index (κ3) is 4.58. The SMILES string of the molecule is COc1ccccc1CCNC(=O)CNC(=O)c1cc(C)nn1C. The van der Waals surface area contributed by atoms with Crippen LogP contribution in [0, 0.1) is 6.92 Å². The maximum absolute atomic E-state index is 12.0. The van der Waals surface area contributed by atoms with E-state index in [1.165, 1.54) is 4.68 Å². The van der Waals surface area contributed by atoms with Crippen molar-refractivity contribution in [2.45, 2.75) is 13.3 Å². The lowest BCUT2D eigenvalue weighted by atomic mass is 10.1. The molecule has 0 atom stereocenters. The van der Waals surface area contributed by atoms with E-state index < -0.39 is 0 Å². The lowest BCUT2D eigenvalue weighted by Gasteiger charge is -2.09. The Morgan fingerprint density at radius 3 is 2.67 bits per heavy atom. The van der Waals surface area contributed by atoms with Crippen molar-refractivity contribution in [2.24, 2.45) is 7.05 Å². The average molecular weight is 330 g/mol. The molecule has 1 aromatic heterocycles. The van der Waals surface area contributed by atoms with E-state index >= 15 is 0 Å². The fourth-order valence-corrected chi connectivity index (χ4v) is 2.38. The van der Waals surface area contributed by atoms with Gasteiger partial charge in [-0.3, -0.25) is 14.3 Å². The standard InChI is InChI=1S/C17H22N4O3/c1-12-10-14(21(2)20-12)17(23)19-11-16(22)18-9-8-13-6-4-5-7-15(13)24-3/h4-7,10H,8-9,11H2,1-3H3,(H,18,22)(H,19,23). The normalized spacial score (nSPS) is 10.3. The van der Waals surface area contributed by atoms with Gasteiger partial charge < -0.3 is 15.4 Å². The third-order valence-corrected chi connectivity index (χ3v) is 3.55. The maximum atomic E-state index is 12.0. The molecule has 0 unspecified atom stereocenters. The number of carbonyl (C=O) groups excluding carboxylic acids is 2. The number of hydrogen-bond donors (Lipinski definition) is 2. The summed E-state index contributed by atoms with van der Waals surface area (Å²) in [6, 6.07) is 9.34. The van der Waals surface area contributed by atoms with E-state index in [1.807, 2.05) is 24.3 Å². The van der Waals surface area contributed by atoms with Crippen molar-refractivity contribution in [1.82, 2.24) is 20.4 Å². The second-order valence-electron chi connectivity index (χ2n) is 5.39. The van der Waals surface area contributed by atoms with Gasteiger partial charge >= 0.3 is 0 Å². The molecule has 0 spiro atoms. The van der Waals surface area contributed by atoms with Gasteiger partial charge in [-0.05, 0) is 31.0 Å². The molecule has 0 bridgehead atoms. The first-order chi connectivity index (χ1) is 11.5. The van der Waals surface area contributed by atoms with E-state index in [-0.39, 0.29) is 18.4 Å². The number of para-hydroxylation sites is 1. The average Bonchev–Trinajstić information content (AvgIpc) is 2.91. The van der Waals surface area contributed by atoms with Gasteiger partial charge in [0.2, 0.25) is 5.91 Å². The number of carbonyl (C=O) groups is 2. The van der Waals surface area contributed by atoms with Crippen molar-refractivity contribution in [2.75, 3.05) is 20.2 Å². The Morgan fingerprint density at radius 1 is 1.25 bits per heavy atom. The number of methoxy groups -OCH3 is 1. The molecule has 1 aromatic carbocycles. The summed E-state index contributed by atoms with van der Waals surface area (Å²) < 4.78 is 6.76. The van der Waals surface area contributed by atoms with Gasteiger partial charge in [-0.2, -0.15) is 5.10 Å². The molecule has 2 amide bonds. The second kappa shape index (κ2) is 8.14. The molecule has 0 aliphatic carbocycles. The van der Waals surface area contributed by atoms with Gasteiger partial charge in [0.05, 0.1) is 19.3 Å². The summed E-state index contributed by atoms with van der Waals surface area (Å²) in [4.78, 5) is 23.8. The highest BCUT2D eigenvalue weighted by Gasteiger charge is 2.12. The minimum absolute atomic E-state index is 0.0744. The van der Waals surface area contributed by atoms with Gasteiger partial charge in [0.25, 0.3) is 5.91 Å². The zero-order valence-corrected chi connectivity index (χ0v) is 14.1. The van der Waals surface area contributed by atoms with E-state index in [2.05, 4.69) is 15.7 Å². The summed E-state index contributed by atoms with van der Waals surface area (Å²) in [5.74, 6) is 0.238. The molecule has 0 saturated heterocycles. The predicted molar refractivity (Wildman–Crippen MR) is 90.0 cm³/mol. The second-order valence-corrected chi connectivity index (χ2v) is 5.39. The molecule has 0 radical (unpaired) electrons. The Morgan fingerprint density at radius 2 is 2.00 bits per heavy atom. The van der Waals surface area contributed by atoms with Crippen molar-refractivity contribution in [3.63, 3.8) is 0 Å². The monoisotopic (exact) mass is 330 g/mol. The van der Waals surface area contributed by atoms with Crippen LogP contribution < -0.4 is 15.4 Å². The Balaban J connectivity index is 1.75. The van der Waals surface area contributed by atoms with Gasteiger partial charge in [-0.15, -0.1) is 0 Å². The molecule has 1 heterocycles. The number of nitrogens with one attached hydrogen (secondary N) is 2. The first kappa shape index (κ1) is 17.5. The van der Waals surface area contributed by atoms with Crippen LogP contribution in [-0.4, -0.2) is 41.8 Å².